The van der Waals surface area contributed by atoms with Gasteiger partial charge in [0.15, 0.2) is 0 Å². The van der Waals surface area contributed by atoms with Gasteiger partial charge in [-0.1, -0.05) is 158 Å². The Bertz CT molecular complexity index is 3640. The summed E-state index contributed by atoms with van der Waals surface area (Å²) in [6.07, 6.45) is 6.10. The van der Waals surface area contributed by atoms with Gasteiger partial charge in [0.05, 0.1) is 0 Å². The number of hydrogen-bond donors (Lipinski definition) is 4. The molecule has 448 valence electrons. The SMILES string of the molecule is Cc1ccc(C2NNC(c3cc(OCc4ccc(CC(C)CC(C)c5ccc(COc6cc[c-]c(-c7ccccn7)c6)cc5)cc4)cc(C4NNC(c5ccc(C)cc5)O4)c3)O2)cc1.[Ir+3].[c-]1ccccc1-c1ccccn1.[c-]1ccccc1-c1ccccn1. The van der Waals surface area contributed by atoms with Gasteiger partial charge in [0, 0.05) is 35.5 Å². The summed E-state index contributed by atoms with van der Waals surface area (Å²) in [5, 5.41) is 0. The minimum atomic E-state index is -0.397. The molecule has 12 heteroatoms. The van der Waals surface area contributed by atoms with Crippen LogP contribution in [0, 0.1) is 38.0 Å². The second kappa shape index (κ2) is 31.9. The van der Waals surface area contributed by atoms with Crippen molar-refractivity contribution in [2.75, 3.05) is 0 Å². The number of ether oxygens (including phenoxy) is 4. The maximum absolute atomic E-state index is 6.51. The average Bonchev–Trinajstić information content (AvgIpc) is 3.46. The number of pyridine rings is 3. The number of aromatic nitrogens is 3. The van der Waals surface area contributed by atoms with E-state index in [2.05, 4.69) is 186 Å². The van der Waals surface area contributed by atoms with Gasteiger partial charge in [-0.25, -0.2) is 21.7 Å². The van der Waals surface area contributed by atoms with E-state index in [1.165, 1.54) is 22.3 Å². The van der Waals surface area contributed by atoms with Crippen LogP contribution in [0.25, 0.3) is 33.8 Å². The summed E-state index contributed by atoms with van der Waals surface area (Å²) in [4.78, 5) is 12.9. The first kappa shape index (κ1) is 63.2. The molecule has 0 radical (unpaired) electrons. The topological polar surface area (TPSA) is 124 Å². The number of rotatable bonds is 18. The predicted octanol–water partition coefficient (Wildman–Crippen LogP) is 16.4. The molecule has 0 amide bonds. The molecule has 8 aromatic carbocycles. The number of benzene rings is 8. The molecule has 0 bridgehead atoms. The van der Waals surface area contributed by atoms with Crippen molar-refractivity contribution < 1.29 is 39.1 Å². The number of hydrogen-bond acceptors (Lipinski definition) is 11. The molecular formula is C77H72IrN7O4. The Hall–Kier alpha value is -8.78. The molecule has 11 nitrogen and oxygen atoms in total. The van der Waals surface area contributed by atoms with Crippen LogP contribution >= 0.6 is 0 Å². The van der Waals surface area contributed by atoms with E-state index in [1.54, 1.807) is 18.6 Å². The maximum Gasteiger partial charge on any atom is 3.00 e. The first-order valence-corrected chi connectivity index (χ1v) is 29.9. The molecule has 2 aliphatic heterocycles. The van der Waals surface area contributed by atoms with E-state index in [4.69, 9.17) is 18.9 Å². The Morgan fingerprint density at radius 3 is 1.30 bits per heavy atom. The Kier molecular flexibility index (Phi) is 22.7. The zero-order valence-corrected chi connectivity index (χ0v) is 52.7. The molecule has 0 saturated carbocycles. The van der Waals surface area contributed by atoms with E-state index in [0.717, 1.165) is 91.5 Å². The molecule has 2 aliphatic rings. The Balaban J connectivity index is 0.000000287. The van der Waals surface area contributed by atoms with Gasteiger partial charge in [-0.3, -0.25) is 0 Å². The van der Waals surface area contributed by atoms with Gasteiger partial charge < -0.3 is 33.9 Å². The predicted molar refractivity (Wildman–Crippen MR) is 347 cm³/mol. The maximum atomic E-state index is 6.51. The molecule has 6 unspecified atom stereocenters. The number of nitrogens with zero attached hydrogens (tertiary/aromatic N) is 3. The Morgan fingerprint density at radius 2 is 0.843 bits per heavy atom. The van der Waals surface area contributed by atoms with Crippen molar-refractivity contribution in [3.63, 3.8) is 0 Å². The average molecular weight is 1350 g/mol. The van der Waals surface area contributed by atoms with E-state index in [9.17, 15) is 0 Å². The van der Waals surface area contributed by atoms with Crippen molar-refractivity contribution in [1.82, 2.24) is 36.7 Å². The molecule has 2 saturated heterocycles. The molecule has 2 fully saturated rings. The standard InChI is InChI=1S/C55H56N5O4.2C11H8N.Ir/c1-36-11-21-44(22-12-36)52-57-59-54(63-52)47-30-48(55-60-58-53(64-55)45-23-13-37(2)14-24-45)33-50(32-47)62-35-41-17-15-40(16-18-41)29-38(3)28-39(4)43-25-19-42(20-26-43)34-61-49-9-7-8-46(31-49)51-10-5-6-27-56-51;2*1-2-6-10(7-3-1)11-8-4-5-9-12-11;/h5-7,9-27,30-33,38-39,52-55,57-60H,28-29,34-35H2,1-4H3;2*1-6,8-9H;/q3*-1;+3. The zero-order valence-electron chi connectivity index (χ0n) is 50.3. The van der Waals surface area contributed by atoms with Crippen LogP contribution in [0.2, 0.25) is 0 Å². The van der Waals surface area contributed by atoms with Crippen molar-refractivity contribution in [2.24, 2.45) is 5.92 Å². The summed E-state index contributed by atoms with van der Waals surface area (Å²) in [6, 6.07) is 89.2. The van der Waals surface area contributed by atoms with Crippen LogP contribution in [0.5, 0.6) is 11.5 Å². The number of hydrazine groups is 2. The van der Waals surface area contributed by atoms with Crippen LogP contribution in [-0.4, -0.2) is 15.0 Å². The third-order valence-corrected chi connectivity index (χ3v) is 15.3. The fourth-order valence-corrected chi connectivity index (χ4v) is 10.5. The molecule has 0 aliphatic carbocycles. The summed E-state index contributed by atoms with van der Waals surface area (Å²) < 4.78 is 25.6. The van der Waals surface area contributed by atoms with E-state index in [1.807, 2.05) is 133 Å². The Labute approximate surface area is 537 Å². The normalized spacial score (nSPS) is 16.5. The van der Waals surface area contributed by atoms with Crippen LogP contribution in [-0.2, 0) is 49.2 Å². The number of aryl methyl sites for hydroxylation is 2. The summed E-state index contributed by atoms with van der Waals surface area (Å²) >= 11 is 0. The molecule has 0 spiro atoms. The molecule has 89 heavy (non-hydrogen) atoms. The summed E-state index contributed by atoms with van der Waals surface area (Å²) in [6.45, 7) is 9.77. The molecule has 5 heterocycles. The van der Waals surface area contributed by atoms with Crippen LogP contribution in [0.1, 0.15) is 107 Å². The second-order valence-electron chi connectivity index (χ2n) is 22.2. The van der Waals surface area contributed by atoms with Crippen LogP contribution < -0.4 is 31.2 Å². The van der Waals surface area contributed by atoms with Gasteiger partial charge >= 0.3 is 20.1 Å². The third kappa shape index (κ3) is 18.2. The second-order valence-corrected chi connectivity index (χ2v) is 22.2. The van der Waals surface area contributed by atoms with Crippen molar-refractivity contribution in [3.8, 4) is 45.3 Å². The van der Waals surface area contributed by atoms with E-state index in [0.29, 0.717) is 25.0 Å². The van der Waals surface area contributed by atoms with Crippen molar-refractivity contribution in [2.45, 2.75) is 84.6 Å². The van der Waals surface area contributed by atoms with Crippen molar-refractivity contribution >= 4 is 0 Å². The van der Waals surface area contributed by atoms with Gasteiger partial charge in [0.2, 0.25) is 0 Å². The first-order chi connectivity index (χ1) is 43.2. The van der Waals surface area contributed by atoms with Gasteiger partial charge in [-0.05, 0) is 125 Å². The van der Waals surface area contributed by atoms with Gasteiger partial charge in [-0.15, -0.1) is 102 Å². The number of nitrogens with one attached hydrogen (secondary N) is 4. The van der Waals surface area contributed by atoms with Crippen LogP contribution in [0.3, 0.4) is 0 Å². The third-order valence-electron chi connectivity index (χ3n) is 15.3. The fraction of sp³-hybridized carbons (Fsp3) is 0.182. The quantitative estimate of drug-likeness (QED) is 0.0614. The van der Waals surface area contributed by atoms with Crippen molar-refractivity contribution in [3.05, 3.63) is 329 Å². The van der Waals surface area contributed by atoms with Gasteiger partial charge in [0.1, 0.15) is 43.9 Å². The zero-order chi connectivity index (χ0) is 60.3. The molecule has 13 rings (SSSR count). The summed E-state index contributed by atoms with van der Waals surface area (Å²) in [5.41, 5.74) is 30.4. The molecule has 4 N–H and O–H groups in total. The summed E-state index contributed by atoms with van der Waals surface area (Å²) in [5.74, 6) is 2.49. The molecular weight excluding hydrogens is 1280 g/mol. The van der Waals surface area contributed by atoms with E-state index >= 15 is 0 Å². The molecule has 6 atom stereocenters. The minimum absolute atomic E-state index is 0. The molecule has 3 aromatic heterocycles. The Morgan fingerprint density at radius 1 is 0.416 bits per heavy atom. The first-order valence-electron chi connectivity index (χ1n) is 29.9. The minimum Gasteiger partial charge on any atom is -0.508 e. The fourth-order valence-electron chi connectivity index (χ4n) is 10.5. The van der Waals surface area contributed by atoms with Crippen LogP contribution in [0.15, 0.2) is 255 Å². The van der Waals surface area contributed by atoms with E-state index in [-0.39, 0.29) is 32.6 Å². The summed E-state index contributed by atoms with van der Waals surface area (Å²) in [7, 11) is 0. The van der Waals surface area contributed by atoms with E-state index < -0.39 is 12.5 Å². The smallest absolute Gasteiger partial charge is 0.508 e. The van der Waals surface area contributed by atoms with Gasteiger partial charge in [0.25, 0.3) is 0 Å². The van der Waals surface area contributed by atoms with Gasteiger partial charge in [-0.2, -0.15) is 0 Å². The van der Waals surface area contributed by atoms with Crippen LogP contribution in [0.4, 0.5) is 0 Å². The molecule has 11 aromatic rings. The monoisotopic (exact) mass is 1350 g/mol. The van der Waals surface area contributed by atoms with Crippen molar-refractivity contribution in [1.29, 1.82) is 0 Å². The largest absolute Gasteiger partial charge is 3.00 e.